The minimum Gasteiger partial charge on any atom is -0.390 e. The number of nitrogens with zero attached hydrogens (tertiary/aromatic N) is 1. The van der Waals surface area contributed by atoms with Crippen LogP contribution in [0.5, 0.6) is 0 Å². The quantitative estimate of drug-likeness (QED) is 0.853. The van der Waals surface area contributed by atoms with Crippen molar-refractivity contribution in [3.63, 3.8) is 0 Å². The van der Waals surface area contributed by atoms with Crippen LogP contribution in [-0.4, -0.2) is 10.1 Å². The topological polar surface area (TPSA) is 33.1 Å². The highest BCUT2D eigenvalue weighted by atomic mass is 79.9. The van der Waals surface area contributed by atoms with Crippen LogP contribution >= 0.6 is 15.9 Å². The molecule has 0 atom stereocenters. The number of halogens is 3. The number of aliphatic hydroxyl groups is 1. The summed E-state index contributed by atoms with van der Waals surface area (Å²) in [5.41, 5.74) is 1.53. The van der Waals surface area contributed by atoms with Gasteiger partial charge in [0.15, 0.2) is 0 Å². The molecule has 0 saturated carbocycles. The summed E-state index contributed by atoms with van der Waals surface area (Å²) in [5.74, 6) is 0. The number of alkyl halides is 3. The third-order valence-corrected chi connectivity index (χ3v) is 2.62. The van der Waals surface area contributed by atoms with Gasteiger partial charge in [-0.15, -0.1) is 0 Å². The lowest BCUT2D eigenvalue weighted by Gasteiger charge is -2.09. The summed E-state index contributed by atoms with van der Waals surface area (Å²) in [6, 6.07) is 1.36. The molecule has 1 aromatic rings. The predicted molar refractivity (Wildman–Crippen MR) is 52.5 cm³/mol. The Bertz CT molecular complexity index is 306. The monoisotopic (exact) mass is 265 g/mol. The zero-order valence-electron chi connectivity index (χ0n) is 7.60. The van der Waals surface area contributed by atoms with Crippen LogP contribution in [0.15, 0.2) is 6.07 Å². The Kier molecular flexibility index (Phi) is 3.95. The second-order valence-electron chi connectivity index (χ2n) is 2.87. The van der Waals surface area contributed by atoms with E-state index >= 15 is 0 Å². The Labute approximate surface area is 89.1 Å². The van der Waals surface area contributed by atoms with Gasteiger partial charge >= 0.3 is 0 Å². The summed E-state index contributed by atoms with van der Waals surface area (Å²) < 4.78 is 24.7. The highest BCUT2D eigenvalue weighted by Gasteiger charge is 2.14. The molecular formula is C9H10BrF2NO. The van der Waals surface area contributed by atoms with Crippen LogP contribution in [0.2, 0.25) is 0 Å². The molecular weight excluding hydrogens is 256 g/mol. The van der Waals surface area contributed by atoms with E-state index in [2.05, 4.69) is 20.9 Å². The van der Waals surface area contributed by atoms with Crippen molar-refractivity contribution in [3.8, 4) is 0 Å². The summed E-state index contributed by atoms with van der Waals surface area (Å²) >= 11 is 3.20. The van der Waals surface area contributed by atoms with Crippen LogP contribution < -0.4 is 0 Å². The molecule has 1 rings (SSSR count). The Morgan fingerprint density at radius 3 is 2.64 bits per heavy atom. The van der Waals surface area contributed by atoms with Crippen molar-refractivity contribution in [3.05, 3.63) is 28.6 Å². The predicted octanol–water partition coefficient (Wildman–Crippen LogP) is 2.71. The smallest absolute Gasteiger partial charge is 0.280 e. The lowest BCUT2D eigenvalue weighted by molar-refractivity contribution is 0.145. The molecule has 0 aliphatic carbocycles. The van der Waals surface area contributed by atoms with Gasteiger partial charge in [-0.05, 0) is 24.1 Å². The molecule has 0 spiro atoms. The zero-order chi connectivity index (χ0) is 10.7. The van der Waals surface area contributed by atoms with Gasteiger partial charge in [0, 0.05) is 5.33 Å². The molecule has 0 aliphatic rings. The van der Waals surface area contributed by atoms with Gasteiger partial charge in [-0.2, -0.15) is 0 Å². The Balaban J connectivity index is 3.25. The number of hydrogen-bond donors (Lipinski definition) is 1. The maximum absolute atomic E-state index is 12.4. The fourth-order valence-electron chi connectivity index (χ4n) is 1.15. The second kappa shape index (κ2) is 4.79. The van der Waals surface area contributed by atoms with Gasteiger partial charge in [0.1, 0.15) is 5.69 Å². The lowest BCUT2D eigenvalue weighted by atomic mass is 10.1. The summed E-state index contributed by atoms with van der Waals surface area (Å²) in [5, 5.41) is 9.40. The third-order valence-electron chi connectivity index (χ3n) is 2.02. The maximum Gasteiger partial charge on any atom is 0.280 e. The molecule has 1 aromatic heterocycles. The zero-order valence-corrected chi connectivity index (χ0v) is 9.18. The van der Waals surface area contributed by atoms with Crippen molar-refractivity contribution in [1.29, 1.82) is 0 Å². The standard InChI is InChI=1S/C9H10BrF2NO/c1-5-6(3-10)2-7(9(11)12)13-8(5)4-14/h2,9,14H,3-4H2,1H3. The minimum absolute atomic E-state index is 0.283. The molecule has 0 saturated heterocycles. The highest BCUT2D eigenvalue weighted by Crippen LogP contribution is 2.23. The van der Waals surface area contributed by atoms with E-state index in [9.17, 15) is 8.78 Å². The number of aromatic nitrogens is 1. The van der Waals surface area contributed by atoms with Crippen LogP contribution in [0.3, 0.4) is 0 Å². The van der Waals surface area contributed by atoms with Crippen molar-refractivity contribution in [2.24, 2.45) is 0 Å². The maximum atomic E-state index is 12.4. The molecule has 0 aliphatic heterocycles. The summed E-state index contributed by atoms with van der Waals surface area (Å²) in [7, 11) is 0. The SMILES string of the molecule is Cc1c(CBr)cc(C(F)F)nc1CO. The lowest BCUT2D eigenvalue weighted by Crippen LogP contribution is -2.02. The van der Waals surface area contributed by atoms with Crippen molar-refractivity contribution in [2.45, 2.75) is 25.3 Å². The first-order chi connectivity index (χ1) is 6.60. The van der Waals surface area contributed by atoms with Crippen LogP contribution in [0.25, 0.3) is 0 Å². The van der Waals surface area contributed by atoms with Crippen LogP contribution in [0, 0.1) is 6.92 Å². The second-order valence-corrected chi connectivity index (χ2v) is 3.43. The molecule has 78 valence electrons. The van der Waals surface area contributed by atoms with Gasteiger partial charge in [-0.1, -0.05) is 15.9 Å². The van der Waals surface area contributed by atoms with Crippen molar-refractivity contribution in [1.82, 2.24) is 4.98 Å². The molecule has 0 radical (unpaired) electrons. The molecule has 0 unspecified atom stereocenters. The normalized spacial score (nSPS) is 11.0. The van der Waals surface area contributed by atoms with E-state index in [0.717, 1.165) is 11.1 Å². The van der Waals surface area contributed by atoms with Crippen molar-refractivity contribution >= 4 is 15.9 Å². The van der Waals surface area contributed by atoms with E-state index in [1.54, 1.807) is 6.92 Å². The fourth-order valence-corrected chi connectivity index (χ4v) is 1.73. The van der Waals surface area contributed by atoms with Crippen LogP contribution in [0.1, 0.15) is 28.9 Å². The van der Waals surface area contributed by atoms with E-state index in [-0.39, 0.29) is 12.3 Å². The summed E-state index contributed by atoms with van der Waals surface area (Å²) in [6.45, 7) is 1.44. The molecule has 5 heteroatoms. The molecule has 1 heterocycles. The van der Waals surface area contributed by atoms with E-state index in [0.29, 0.717) is 11.0 Å². The summed E-state index contributed by atoms with van der Waals surface area (Å²) in [4.78, 5) is 3.68. The first-order valence-corrected chi connectivity index (χ1v) is 5.16. The van der Waals surface area contributed by atoms with Gasteiger partial charge in [0.05, 0.1) is 12.3 Å². The molecule has 0 fully saturated rings. The minimum atomic E-state index is -2.60. The van der Waals surface area contributed by atoms with Gasteiger partial charge < -0.3 is 5.11 Å². The average Bonchev–Trinajstić information content (AvgIpc) is 2.17. The van der Waals surface area contributed by atoms with E-state index in [4.69, 9.17) is 5.11 Å². The van der Waals surface area contributed by atoms with Crippen LogP contribution in [0.4, 0.5) is 8.78 Å². The van der Waals surface area contributed by atoms with Gasteiger partial charge in [-0.3, -0.25) is 0 Å². The third kappa shape index (κ3) is 2.27. The molecule has 0 aromatic carbocycles. The molecule has 0 bridgehead atoms. The fraction of sp³-hybridized carbons (Fsp3) is 0.444. The molecule has 1 N–H and O–H groups in total. The number of rotatable bonds is 3. The highest BCUT2D eigenvalue weighted by molar-refractivity contribution is 9.08. The first-order valence-electron chi connectivity index (χ1n) is 4.04. The molecule has 2 nitrogen and oxygen atoms in total. The molecule has 0 amide bonds. The molecule has 14 heavy (non-hydrogen) atoms. The van der Waals surface area contributed by atoms with Gasteiger partial charge in [0.2, 0.25) is 0 Å². The largest absolute Gasteiger partial charge is 0.390 e. The average molecular weight is 266 g/mol. The van der Waals surface area contributed by atoms with E-state index < -0.39 is 6.43 Å². The van der Waals surface area contributed by atoms with Gasteiger partial charge in [0.25, 0.3) is 6.43 Å². The van der Waals surface area contributed by atoms with Gasteiger partial charge in [-0.25, -0.2) is 13.8 Å². The number of aliphatic hydroxyl groups excluding tert-OH is 1. The number of hydrogen-bond acceptors (Lipinski definition) is 2. The summed E-state index contributed by atoms with van der Waals surface area (Å²) in [6.07, 6.45) is -2.60. The van der Waals surface area contributed by atoms with Crippen molar-refractivity contribution < 1.29 is 13.9 Å². The van der Waals surface area contributed by atoms with Crippen LogP contribution in [-0.2, 0) is 11.9 Å². The first kappa shape index (κ1) is 11.5. The Hall–Kier alpha value is -0.550. The van der Waals surface area contributed by atoms with Crippen molar-refractivity contribution in [2.75, 3.05) is 0 Å². The Morgan fingerprint density at radius 2 is 2.21 bits per heavy atom. The Morgan fingerprint density at radius 1 is 1.57 bits per heavy atom. The van der Waals surface area contributed by atoms with E-state index in [1.165, 1.54) is 6.07 Å². The van der Waals surface area contributed by atoms with E-state index in [1.807, 2.05) is 0 Å². The number of pyridine rings is 1.